The number of carbonyl (C=O) groups excluding carboxylic acids is 3. The predicted molar refractivity (Wildman–Crippen MR) is 177 cm³/mol. The van der Waals surface area contributed by atoms with Crippen molar-refractivity contribution in [3.05, 3.63) is 97.4 Å². The van der Waals surface area contributed by atoms with E-state index in [-0.39, 0.29) is 29.0 Å². The second-order valence-corrected chi connectivity index (χ2v) is 13.6. The second kappa shape index (κ2) is 12.3. The number of halogens is 1. The molecule has 0 aliphatic carbocycles. The molecule has 0 radical (unpaired) electrons. The zero-order chi connectivity index (χ0) is 31.1. The summed E-state index contributed by atoms with van der Waals surface area (Å²) in [6, 6.07) is 21.1. The molecule has 0 spiro atoms. The van der Waals surface area contributed by atoms with Gasteiger partial charge in [0.1, 0.15) is 17.5 Å². The average Bonchev–Trinajstić information content (AvgIpc) is 3.46. The largest absolute Gasteiger partial charge is 0.508 e. The van der Waals surface area contributed by atoms with Gasteiger partial charge in [-0.2, -0.15) is 0 Å². The van der Waals surface area contributed by atoms with Gasteiger partial charge in [-0.05, 0) is 80.1 Å². The number of nitrogens with one attached hydrogen (secondary N) is 1. The van der Waals surface area contributed by atoms with Gasteiger partial charge in [0.2, 0.25) is 17.7 Å². The van der Waals surface area contributed by atoms with Crippen LogP contribution in [0, 0.1) is 5.92 Å². The molecule has 226 valence electrons. The minimum Gasteiger partial charge on any atom is -0.508 e. The lowest BCUT2D eigenvalue weighted by molar-refractivity contribution is -0.122. The van der Waals surface area contributed by atoms with Gasteiger partial charge in [-0.25, -0.2) is 4.90 Å². The molecule has 1 aromatic heterocycles. The van der Waals surface area contributed by atoms with Gasteiger partial charge in [0.15, 0.2) is 0 Å². The number of aromatic hydroxyl groups is 1. The number of thioether (sulfide) groups is 1. The number of aromatic nitrogens is 1. The van der Waals surface area contributed by atoms with Gasteiger partial charge in [-0.1, -0.05) is 51.2 Å². The van der Waals surface area contributed by atoms with Crippen molar-refractivity contribution in [2.24, 2.45) is 5.92 Å². The van der Waals surface area contributed by atoms with Crippen LogP contribution in [-0.4, -0.2) is 45.7 Å². The molecule has 1 saturated heterocycles. The Morgan fingerprint density at radius 1 is 0.932 bits per heavy atom. The van der Waals surface area contributed by atoms with Crippen LogP contribution in [0.3, 0.4) is 0 Å². The SMILES string of the molecule is CCN(CC)c1ccc([C@H]2c3sc(=O)n(CC(=O)Nc4ccc(O)cc4)c3SC3C(=O)N(c4ccc(Br)cc4)C(=O)C32)cc1. The zero-order valence-electron chi connectivity index (χ0n) is 23.9. The molecular formula is C32H29BrN4O5S2. The van der Waals surface area contributed by atoms with Crippen molar-refractivity contribution in [2.45, 2.75) is 36.6 Å². The molecule has 2 unspecified atom stereocenters. The van der Waals surface area contributed by atoms with Gasteiger partial charge in [0.05, 0.1) is 16.6 Å². The molecule has 0 bridgehead atoms. The van der Waals surface area contributed by atoms with E-state index in [1.54, 1.807) is 36.4 Å². The van der Waals surface area contributed by atoms with Crippen LogP contribution < -0.4 is 20.0 Å². The summed E-state index contributed by atoms with van der Waals surface area (Å²) in [6.45, 7) is 5.60. The number of anilines is 3. The fourth-order valence-electron chi connectivity index (χ4n) is 5.83. The van der Waals surface area contributed by atoms with Crippen LogP contribution in [0.4, 0.5) is 17.1 Å². The molecule has 6 rings (SSSR count). The van der Waals surface area contributed by atoms with Gasteiger partial charge in [0.25, 0.3) is 0 Å². The van der Waals surface area contributed by atoms with Gasteiger partial charge in [-0.15, -0.1) is 0 Å². The molecular weight excluding hydrogens is 664 g/mol. The molecule has 1 fully saturated rings. The van der Waals surface area contributed by atoms with Gasteiger partial charge in [-0.3, -0.25) is 23.7 Å². The van der Waals surface area contributed by atoms with Crippen LogP contribution >= 0.6 is 39.0 Å². The van der Waals surface area contributed by atoms with Crippen LogP contribution in [0.2, 0.25) is 0 Å². The first-order valence-corrected chi connectivity index (χ1v) is 16.7. The van der Waals surface area contributed by atoms with Crippen molar-refractivity contribution < 1.29 is 19.5 Å². The number of phenols is 1. The Morgan fingerprint density at radius 2 is 1.59 bits per heavy atom. The van der Waals surface area contributed by atoms with E-state index in [9.17, 15) is 24.3 Å². The van der Waals surface area contributed by atoms with E-state index in [2.05, 4.69) is 40.0 Å². The predicted octanol–water partition coefficient (Wildman–Crippen LogP) is 5.66. The molecule has 3 atom stereocenters. The Kier molecular flexibility index (Phi) is 8.40. The topological polar surface area (TPSA) is 112 Å². The highest BCUT2D eigenvalue weighted by Crippen LogP contribution is 2.54. The van der Waals surface area contributed by atoms with Gasteiger partial charge in [0, 0.05) is 39.7 Å². The summed E-state index contributed by atoms with van der Waals surface area (Å²) in [5.74, 6) is -2.27. The van der Waals surface area contributed by atoms with Crippen molar-refractivity contribution in [1.29, 1.82) is 0 Å². The maximum Gasteiger partial charge on any atom is 0.308 e. The number of imide groups is 1. The molecule has 4 aromatic rings. The summed E-state index contributed by atoms with van der Waals surface area (Å²) in [5.41, 5.74) is 2.84. The van der Waals surface area contributed by atoms with Gasteiger partial charge < -0.3 is 15.3 Å². The number of thiazole rings is 1. The maximum atomic E-state index is 14.1. The van der Waals surface area contributed by atoms with E-state index in [0.29, 0.717) is 21.3 Å². The monoisotopic (exact) mass is 692 g/mol. The standard InChI is InChI=1S/C32H29BrN4O5S2/c1-3-35(4-2)21-11-5-18(6-12-21)25-26-27(30(41)37(29(26)40)22-13-7-19(33)8-14-22)43-31-28(25)44-32(42)36(31)17-24(39)34-20-9-15-23(38)16-10-20/h5-16,25-27,38H,3-4,17H2,1-2H3,(H,34,39)/t25-,26?,27?/m1/s1. The molecule has 9 nitrogen and oxygen atoms in total. The summed E-state index contributed by atoms with van der Waals surface area (Å²) >= 11 is 5.61. The first-order chi connectivity index (χ1) is 21.2. The minimum absolute atomic E-state index is 0.0706. The van der Waals surface area contributed by atoms with Crippen molar-refractivity contribution in [3.8, 4) is 5.75 Å². The van der Waals surface area contributed by atoms with Crippen molar-refractivity contribution in [2.75, 3.05) is 28.2 Å². The summed E-state index contributed by atoms with van der Waals surface area (Å²) in [7, 11) is 0. The molecule has 2 aliphatic heterocycles. The summed E-state index contributed by atoms with van der Waals surface area (Å²) < 4.78 is 2.23. The van der Waals surface area contributed by atoms with E-state index < -0.39 is 23.0 Å². The Balaban J connectivity index is 1.41. The second-order valence-electron chi connectivity index (χ2n) is 10.5. The van der Waals surface area contributed by atoms with Crippen molar-refractivity contribution in [3.63, 3.8) is 0 Å². The fraction of sp³-hybridized carbons (Fsp3) is 0.250. The Labute approximate surface area is 270 Å². The van der Waals surface area contributed by atoms with Crippen LogP contribution in [0.1, 0.15) is 30.2 Å². The quantitative estimate of drug-likeness (QED) is 0.181. The lowest BCUT2D eigenvalue weighted by Crippen LogP contribution is -2.33. The van der Waals surface area contributed by atoms with E-state index in [1.807, 2.05) is 24.3 Å². The third kappa shape index (κ3) is 5.46. The molecule has 3 aromatic carbocycles. The lowest BCUT2D eigenvalue weighted by atomic mass is 9.83. The van der Waals surface area contributed by atoms with E-state index >= 15 is 0 Å². The minimum atomic E-state index is -0.772. The van der Waals surface area contributed by atoms with Crippen molar-refractivity contribution in [1.82, 2.24) is 4.57 Å². The third-order valence-corrected chi connectivity index (χ3v) is 11.1. The molecule has 44 heavy (non-hydrogen) atoms. The summed E-state index contributed by atoms with van der Waals surface area (Å²) in [4.78, 5) is 58.3. The fourth-order valence-corrected chi connectivity index (χ4v) is 8.87. The third-order valence-electron chi connectivity index (χ3n) is 7.97. The number of carbonyl (C=O) groups is 3. The Hall–Kier alpha value is -3.87. The number of benzene rings is 3. The number of fused-ring (bicyclic) bond motifs is 2. The number of amides is 3. The molecule has 12 heteroatoms. The number of rotatable bonds is 8. The molecule has 3 heterocycles. The smallest absolute Gasteiger partial charge is 0.308 e. The Morgan fingerprint density at radius 3 is 2.23 bits per heavy atom. The van der Waals surface area contributed by atoms with Crippen LogP contribution in [0.15, 0.2) is 87.1 Å². The number of hydrogen-bond donors (Lipinski definition) is 2. The van der Waals surface area contributed by atoms with E-state index in [1.165, 1.54) is 33.4 Å². The maximum absolute atomic E-state index is 14.1. The normalized spacial score (nSPS) is 19.1. The zero-order valence-corrected chi connectivity index (χ0v) is 27.1. The van der Waals surface area contributed by atoms with Crippen LogP contribution in [0.25, 0.3) is 0 Å². The number of nitrogens with zero attached hydrogens (tertiary/aromatic N) is 3. The van der Waals surface area contributed by atoms with Crippen LogP contribution in [-0.2, 0) is 20.9 Å². The Bertz CT molecular complexity index is 1780. The highest BCUT2D eigenvalue weighted by Gasteiger charge is 2.56. The van der Waals surface area contributed by atoms with E-state index in [4.69, 9.17) is 0 Å². The lowest BCUT2D eigenvalue weighted by Gasteiger charge is -2.31. The van der Waals surface area contributed by atoms with Crippen molar-refractivity contribution >= 4 is 73.8 Å². The molecule has 3 amide bonds. The summed E-state index contributed by atoms with van der Waals surface area (Å²) in [6.07, 6.45) is 0. The summed E-state index contributed by atoms with van der Waals surface area (Å²) in [5, 5.41) is 12.1. The number of hydrogen-bond acceptors (Lipinski definition) is 8. The van der Waals surface area contributed by atoms with Crippen LogP contribution in [0.5, 0.6) is 5.75 Å². The molecule has 0 saturated carbocycles. The highest BCUT2D eigenvalue weighted by atomic mass is 79.9. The van der Waals surface area contributed by atoms with E-state index in [0.717, 1.165) is 40.1 Å². The molecule has 2 N–H and O–H groups in total. The number of phenolic OH excluding ortho intramolecular Hbond substituents is 1. The molecule has 2 aliphatic rings. The first-order valence-electron chi connectivity index (χ1n) is 14.2. The average molecular weight is 694 g/mol. The highest BCUT2D eigenvalue weighted by molar-refractivity contribution is 9.10. The van der Waals surface area contributed by atoms with Gasteiger partial charge >= 0.3 is 4.87 Å². The first kappa shape index (κ1) is 30.2.